The van der Waals surface area contributed by atoms with E-state index < -0.39 is 22.8 Å². The Kier molecular flexibility index (Phi) is 4.65. The monoisotopic (exact) mass is 344 g/mol. The number of fused-ring (bicyclic) bond motifs is 1. The average molecular weight is 344 g/mol. The molecule has 0 aliphatic heterocycles. The smallest absolute Gasteiger partial charge is 0.201 e. The van der Waals surface area contributed by atoms with Crippen LogP contribution in [0, 0.1) is 17.5 Å². The van der Waals surface area contributed by atoms with E-state index in [4.69, 9.17) is 9.47 Å². The van der Waals surface area contributed by atoms with Gasteiger partial charge in [-0.25, -0.2) is 8.78 Å². The van der Waals surface area contributed by atoms with Gasteiger partial charge in [-0.2, -0.15) is 4.39 Å². The first-order chi connectivity index (χ1) is 12.1. The third-order valence-corrected chi connectivity index (χ3v) is 3.84. The molecule has 0 heterocycles. The van der Waals surface area contributed by atoms with Gasteiger partial charge in [-0.05, 0) is 29.1 Å². The van der Waals surface area contributed by atoms with E-state index >= 15 is 0 Å². The molecule has 0 N–H and O–H groups in total. The third kappa shape index (κ3) is 3.05. The van der Waals surface area contributed by atoms with Crippen molar-refractivity contribution in [1.29, 1.82) is 0 Å². The average Bonchev–Trinajstić information content (AvgIpc) is 2.63. The molecule has 0 fully saturated rings. The van der Waals surface area contributed by atoms with Crippen molar-refractivity contribution in [2.75, 3.05) is 13.7 Å². The molecule has 0 amide bonds. The standard InChI is InChI=1S/C20H15F3O2/c1-3-10-25-14-7-4-12(5-8-14)15-9-6-13-11-16(24-2)19(22)20(23)17(13)18(15)21/h3-9,11H,1,10H2,2H3. The summed E-state index contributed by atoms with van der Waals surface area (Å²) in [6.07, 6.45) is 1.61. The van der Waals surface area contributed by atoms with Crippen LogP contribution in [-0.2, 0) is 0 Å². The first kappa shape index (κ1) is 16.9. The van der Waals surface area contributed by atoms with Crippen LogP contribution in [0.5, 0.6) is 11.5 Å². The second kappa shape index (κ2) is 6.89. The Morgan fingerprint density at radius 2 is 1.68 bits per heavy atom. The molecule has 0 spiro atoms. The lowest BCUT2D eigenvalue weighted by Crippen LogP contribution is -1.97. The molecule has 3 aromatic rings. The molecule has 0 bridgehead atoms. The fourth-order valence-corrected chi connectivity index (χ4v) is 2.61. The summed E-state index contributed by atoms with van der Waals surface area (Å²) in [5.41, 5.74) is 0.701. The Morgan fingerprint density at radius 1 is 0.960 bits per heavy atom. The van der Waals surface area contributed by atoms with Crippen LogP contribution in [0.4, 0.5) is 13.2 Å². The van der Waals surface area contributed by atoms with Gasteiger partial charge in [-0.3, -0.25) is 0 Å². The van der Waals surface area contributed by atoms with E-state index in [1.165, 1.54) is 25.3 Å². The molecule has 0 saturated heterocycles. The minimum absolute atomic E-state index is 0.172. The Balaban J connectivity index is 2.10. The van der Waals surface area contributed by atoms with Crippen molar-refractivity contribution >= 4 is 10.8 Å². The highest BCUT2D eigenvalue weighted by Gasteiger charge is 2.19. The molecule has 0 radical (unpaired) electrons. The second-order valence-electron chi connectivity index (χ2n) is 5.36. The van der Waals surface area contributed by atoms with Gasteiger partial charge in [0, 0.05) is 5.56 Å². The predicted molar refractivity (Wildman–Crippen MR) is 91.5 cm³/mol. The minimum atomic E-state index is -1.26. The van der Waals surface area contributed by atoms with Crippen molar-refractivity contribution in [2.45, 2.75) is 0 Å². The summed E-state index contributed by atoms with van der Waals surface area (Å²) in [5.74, 6) is -2.96. The van der Waals surface area contributed by atoms with E-state index in [9.17, 15) is 13.2 Å². The van der Waals surface area contributed by atoms with Crippen LogP contribution in [-0.4, -0.2) is 13.7 Å². The van der Waals surface area contributed by atoms with Gasteiger partial charge < -0.3 is 9.47 Å². The number of hydrogen-bond acceptors (Lipinski definition) is 2. The Labute approximate surface area is 143 Å². The summed E-state index contributed by atoms with van der Waals surface area (Å²) in [4.78, 5) is 0. The van der Waals surface area contributed by atoms with Crippen LogP contribution in [0.2, 0.25) is 0 Å². The highest BCUT2D eigenvalue weighted by molar-refractivity contribution is 5.90. The van der Waals surface area contributed by atoms with Gasteiger partial charge >= 0.3 is 0 Å². The van der Waals surface area contributed by atoms with Crippen LogP contribution in [0.3, 0.4) is 0 Å². The number of rotatable bonds is 5. The van der Waals surface area contributed by atoms with Gasteiger partial charge in [0.15, 0.2) is 11.6 Å². The topological polar surface area (TPSA) is 18.5 Å². The SMILES string of the molecule is C=CCOc1ccc(-c2ccc3cc(OC)c(F)c(F)c3c2F)cc1. The fraction of sp³-hybridized carbons (Fsp3) is 0.100. The van der Waals surface area contributed by atoms with E-state index in [-0.39, 0.29) is 16.7 Å². The van der Waals surface area contributed by atoms with Crippen molar-refractivity contribution in [3.8, 4) is 22.6 Å². The number of hydrogen-bond donors (Lipinski definition) is 0. The molecule has 5 heteroatoms. The fourth-order valence-electron chi connectivity index (χ4n) is 2.61. The molecule has 0 saturated carbocycles. The zero-order valence-electron chi connectivity index (χ0n) is 13.5. The van der Waals surface area contributed by atoms with Gasteiger partial charge in [-0.1, -0.05) is 36.9 Å². The van der Waals surface area contributed by atoms with Crippen LogP contribution in [0.15, 0.2) is 55.1 Å². The van der Waals surface area contributed by atoms with Crippen molar-refractivity contribution in [3.63, 3.8) is 0 Å². The van der Waals surface area contributed by atoms with Gasteiger partial charge in [0.1, 0.15) is 18.2 Å². The maximum Gasteiger partial charge on any atom is 0.201 e. The van der Waals surface area contributed by atoms with Gasteiger partial charge in [0.25, 0.3) is 0 Å². The summed E-state index contributed by atoms with van der Waals surface area (Å²) in [6.45, 7) is 3.92. The van der Waals surface area contributed by atoms with E-state index in [1.54, 1.807) is 30.3 Å². The summed E-state index contributed by atoms with van der Waals surface area (Å²) in [7, 11) is 1.23. The molecule has 2 nitrogen and oxygen atoms in total. The van der Waals surface area contributed by atoms with E-state index in [0.717, 1.165) is 0 Å². The van der Waals surface area contributed by atoms with E-state index in [0.29, 0.717) is 17.9 Å². The molecule has 0 aliphatic carbocycles. The number of methoxy groups -OCH3 is 1. The van der Waals surface area contributed by atoms with Crippen molar-refractivity contribution in [1.82, 2.24) is 0 Å². The molecule has 0 atom stereocenters. The van der Waals surface area contributed by atoms with Crippen molar-refractivity contribution in [3.05, 3.63) is 72.6 Å². The highest BCUT2D eigenvalue weighted by Crippen LogP contribution is 2.35. The Morgan fingerprint density at radius 3 is 2.32 bits per heavy atom. The van der Waals surface area contributed by atoms with Crippen LogP contribution in [0.25, 0.3) is 21.9 Å². The molecular weight excluding hydrogens is 329 g/mol. The molecule has 0 aliphatic rings. The van der Waals surface area contributed by atoms with Crippen LogP contribution in [0.1, 0.15) is 0 Å². The molecule has 0 unspecified atom stereocenters. The zero-order valence-corrected chi connectivity index (χ0v) is 13.5. The molecule has 3 aromatic carbocycles. The van der Waals surface area contributed by atoms with Crippen molar-refractivity contribution in [2.24, 2.45) is 0 Å². The van der Waals surface area contributed by atoms with Crippen LogP contribution >= 0.6 is 0 Å². The molecular formula is C20H15F3O2. The van der Waals surface area contributed by atoms with Gasteiger partial charge in [0.2, 0.25) is 5.82 Å². The largest absolute Gasteiger partial charge is 0.494 e. The Bertz CT molecular complexity index is 934. The summed E-state index contributed by atoms with van der Waals surface area (Å²) >= 11 is 0. The second-order valence-corrected chi connectivity index (χ2v) is 5.36. The summed E-state index contributed by atoms with van der Waals surface area (Å²) in [6, 6.07) is 11.0. The first-order valence-electron chi connectivity index (χ1n) is 7.55. The van der Waals surface area contributed by atoms with Crippen LogP contribution < -0.4 is 9.47 Å². The molecule has 128 valence electrons. The maximum atomic E-state index is 14.8. The lowest BCUT2D eigenvalue weighted by molar-refractivity contribution is 0.363. The number of benzene rings is 3. The molecule has 0 aromatic heterocycles. The normalized spacial score (nSPS) is 10.7. The minimum Gasteiger partial charge on any atom is -0.494 e. The third-order valence-electron chi connectivity index (χ3n) is 3.84. The quantitative estimate of drug-likeness (QED) is 0.569. The predicted octanol–water partition coefficient (Wildman–Crippen LogP) is 5.50. The van der Waals surface area contributed by atoms with E-state index in [2.05, 4.69) is 6.58 Å². The lowest BCUT2D eigenvalue weighted by Gasteiger charge is -2.11. The van der Waals surface area contributed by atoms with E-state index in [1.807, 2.05) is 0 Å². The Hall–Kier alpha value is -2.95. The van der Waals surface area contributed by atoms with Gasteiger partial charge in [-0.15, -0.1) is 0 Å². The number of halogens is 3. The molecule has 25 heavy (non-hydrogen) atoms. The summed E-state index contributed by atoms with van der Waals surface area (Å²) < 4.78 is 53.2. The first-order valence-corrected chi connectivity index (χ1v) is 7.55. The number of ether oxygens (including phenoxy) is 2. The zero-order chi connectivity index (χ0) is 18.0. The van der Waals surface area contributed by atoms with Crippen molar-refractivity contribution < 1.29 is 22.6 Å². The maximum absolute atomic E-state index is 14.8. The summed E-state index contributed by atoms with van der Waals surface area (Å²) in [5, 5.41) is -0.175. The van der Waals surface area contributed by atoms with Gasteiger partial charge in [0.05, 0.1) is 12.5 Å². The highest BCUT2D eigenvalue weighted by atomic mass is 19.2. The molecule has 3 rings (SSSR count). The lowest BCUT2D eigenvalue weighted by atomic mass is 9.99.